The molecule has 2 atom stereocenters. The highest BCUT2D eigenvalue weighted by Crippen LogP contribution is 2.02. The number of H-pyrrole nitrogens is 2. The van der Waals surface area contributed by atoms with Crippen molar-refractivity contribution in [1.82, 2.24) is 25.3 Å². The van der Waals surface area contributed by atoms with Crippen LogP contribution in [0.25, 0.3) is 0 Å². The number of methoxy groups -OCH3 is 1. The van der Waals surface area contributed by atoms with E-state index < -0.39 is 24.0 Å². The average molecular weight is 306 g/mol. The third-order valence-corrected chi connectivity index (χ3v) is 3.11. The molecule has 0 aliphatic carbocycles. The fourth-order valence-corrected chi connectivity index (χ4v) is 1.96. The van der Waals surface area contributed by atoms with Crippen molar-refractivity contribution < 1.29 is 14.3 Å². The second-order valence-corrected chi connectivity index (χ2v) is 4.75. The van der Waals surface area contributed by atoms with Crippen LogP contribution in [0.4, 0.5) is 0 Å². The zero-order valence-corrected chi connectivity index (χ0v) is 12.1. The van der Waals surface area contributed by atoms with E-state index in [-0.39, 0.29) is 6.42 Å². The normalized spacial score (nSPS) is 13.4. The van der Waals surface area contributed by atoms with Crippen molar-refractivity contribution in [3.05, 3.63) is 36.4 Å². The molecular weight excluding hydrogens is 288 g/mol. The molecule has 0 bridgehead atoms. The maximum absolute atomic E-state index is 12.1. The summed E-state index contributed by atoms with van der Waals surface area (Å²) >= 11 is 0. The quantitative estimate of drug-likeness (QED) is 0.479. The number of nitrogens with one attached hydrogen (secondary N) is 3. The first-order valence-electron chi connectivity index (χ1n) is 6.68. The van der Waals surface area contributed by atoms with E-state index >= 15 is 0 Å². The van der Waals surface area contributed by atoms with Gasteiger partial charge in [0.15, 0.2) is 0 Å². The van der Waals surface area contributed by atoms with Crippen LogP contribution in [0.2, 0.25) is 0 Å². The maximum atomic E-state index is 12.1. The Kier molecular flexibility index (Phi) is 5.26. The van der Waals surface area contributed by atoms with Gasteiger partial charge in [-0.25, -0.2) is 14.8 Å². The Labute approximate surface area is 126 Å². The molecule has 0 spiro atoms. The van der Waals surface area contributed by atoms with Gasteiger partial charge in [0.2, 0.25) is 5.91 Å². The molecule has 22 heavy (non-hydrogen) atoms. The van der Waals surface area contributed by atoms with Gasteiger partial charge in [0.1, 0.15) is 6.04 Å². The minimum atomic E-state index is -0.828. The van der Waals surface area contributed by atoms with E-state index in [4.69, 9.17) is 10.5 Å². The first-order valence-corrected chi connectivity index (χ1v) is 6.68. The standard InChI is InChI=1S/C13H18N6O3/c1-22-13(21)11(3-9-5-16-7-18-9)19-12(20)10(14)2-8-4-15-6-17-8/h4-7,10-11H,2-3,14H2,1H3,(H,15,17)(H,16,18)(H,19,20)/t10-,11-/m0/s1. The van der Waals surface area contributed by atoms with Crippen molar-refractivity contribution in [1.29, 1.82) is 0 Å². The summed E-state index contributed by atoms with van der Waals surface area (Å²) in [5.41, 5.74) is 7.29. The highest BCUT2D eigenvalue weighted by Gasteiger charge is 2.25. The van der Waals surface area contributed by atoms with Crippen LogP contribution < -0.4 is 11.1 Å². The summed E-state index contributed by atoms with van der Waals surface area (Å²) in [6, 6.07) is -1.62. The SMILES string of the molecule is COC(=O)[C@H](Cc1cnc[nH]1)NC(=O)[C@@H](N)Cc1cnc[nH]1. The Morgan fingerprint density at radius 3 is 2.32 bits per heavy atom. The van der Waals surface area contributed by atoms with Gasteiger partial charge in [-0.3, -0.25) is 4.79 Å². The number of aromatic nitrogens is 4. The Bertz CT molecular complexity index is 595. The lowest BCUT2D eigenvalue weighted by atomic mass is 10.1. The molecule has 5 N–H and O–H groups in total. The van der Waals surface area contributed by atoms with Crippen LogP contribution in [0.15, 0.2) is 25.0 Å². The molecule has 0 aliphatic heterocycles. The van der Waals surface area contributed by atoms with E-state index in [9.17, 15) is 9.59 Å². The summed E-state index contributed by atoms with van der Waals surface area (Å²) in [5.74, 6) is -0.985. The molecule has 9 heteroatoms. The summed E-state index contributed by atoms with van der Waals surface area (Å²) in [4.78, 5) is 37.4. The Morgan fingerprint density at radius 1 is 1.23 bits per heavy atom. The van der Waals surface area contributed by atoms with Gasteiger partial charge in [-0.2, -0.15) is 0 Å². The number of ether oxygens (including phenoxy) is 1. The van der Waals surface area contributed by atoms with E-state index in [0.717, 1.165) is 5.69 Å². The zero-order valence-electron chi connectivity index (χ0n) is 12.1. The third-order valence-electron chi connectivity index (χ3n) is 3.11. The van der Waals surface area contributed by atoms with Crippen molar-refractivity contribution in [3.8, 4) is 0 Å². The highest BCUT2D eigenvalue weighted by molar-refractivity contribution is 5.87. The van der Waals surface area contributed by atoms with Crippen molar-refractivity contribution >= 4 is 11.9 Å². The molecule has 0 fully saturated rings. The van der Waals surface area contributed by atoms with Crippen LogP contribution >= 0.6 is 0 Å². The fraction of sp³-hybridized carbons (Fsp3) is 0.385. The molecule has 0 aromatic carbocycles. The van der Waals surface area contributed by atoms with Crippen molar-refractivity contribution in [2.45, 2.75) is 24.9 Å². The monoisotopic (exact) mass is 306 g/mol. The van der Waals surface area contributed by atoms with Gasteiger partial charge >= 0.3 is 5.97 Å². The van der Waals surface area contributed by atoms with Crippen molar-refractivity contribution in [3.63, 3.8) is 0 Å². The number of esters is 1. The number of amides is 1. The van der Waals surface area contributed by atoms with Crippen molar-refractivity contribution in [2.75, 3.05) is 7.11 Å². The molecule has 0 saturated heterocycles. The number of nitrogens with zero attached hydrogens (tertiary/aromatic N) is 2. The maximum Gasteiger partial charge on any atom is 0.328 e. The Hall–Kier alpha value is -2.68. The summed E-state index contributed by atoms with van der Waals surface area (Å²) in [7, 11) is 1.26. The van der Waals surface area contributed by atoms with Gasteiger partial charge in [-0.05, 0) is 0 Å². The Morgan fingerprint density at radius 2 is 1.82 bits per heavy atom. The van der Waals surface area contributed by atoms with Gasteiger partial charge in [0.05, 0.1) is 25.8 Å². The van der Waals surface area contributed by atoms with Crippen LogP contribution in [-0.4, -0.2) is 51.0 Å². The van der Waals surface area contributed by atoms with E-state index in [1.165, 1.54) is 19.8 Å². The lowest BCUT2D eigenvalue weighted by Gasteiger charge is -2.18. The number of hydrogen-bond donors (Lipinski definition) is 4. The second-order valence-electron chi connectivity index (χ2n) is 4.75. The third kappa shape index (κ3) is 4.16. The molecule has 2 aromatic rings. The zero-order chi connectivity index (χ0) is 15.9. The smallest absolute Gasteiger partial charge is 0.328 e. The van der Waals surface area contributed by atoms with Gasteiger partial charge < -0.3 is 25.8 Å². The largest absolute Gasteiger partial charge is 0.467 e. The Balaban J connectivity index is 1.96. The molecule has 2 aromatic heterocycles. The minimum absolute atomic E-state index is 0.245. The van der Waals surface area contributed by atoms with Crippen LogP contribution in [0.1, 0.15) is 11.4 Å². The van der Waals surface area contributed by atoms with E-state index in [1.54, 1.807) is 12.4 Å². The number of carbonyl (C=O) groups is 2. The van der Waals surface area contributed by atoms with E-state index in [1.807, 2.05) is 0 Å². The molecule has 0 radical (unpaired) electrons. The molecule has 0 unspecified atom stereocenters. The predicted molar refractivity (Wildman–Crippen MR) is 76.5 cm³/mol. The molecule has 0 saturated carbocycles. The topological polar surface area (TPSA) is 139 Å². The molecule has 2 heterocycles. The molecule has 0 aliphatic rings. The number of aromatic amines is 2. The molecular formula is C13H18N6O3. The number of rotatable bonds is 7. The molecule has 9 nitrogen and oxygen atoms in total. The summed E-state index contributed by atoms with van der Waals surface area (Å²) < 4.78 is 4.70. The van der Waals surface area contributed by atoms with Crippen LogP contribution in [0, 0.1) is 0 Å². The fourth-order valence-electron chi connectivity index (χ4n) is 1.96. The second kappa shape index (κ2) is 7.36. The van der Waals surface area contributed by atoms with Gasteiger partial charge in [0, 0.05) is 36.6 Å². The van der Waals surface area contributed by atoms with E-state index in [2.05, 4.69) is 25.3 Å². The first-order chi connectivity index (χ1) is 10.6. The van der Waals surface area contributed by atoms with Gasteiger partial charge in [0.25, 0.3) is 0 Å². The van der Waals surface area contributed by atoms with Gasteiger partial charge in [-0.15, -0.1) is 0 Å². The lowest BCUT2D eigenvalue weighted by Crippen LogP contribution is -2.50. The molecule has 2 rings (SSSR count). The van der Waals surface area contributed by atoms with Crippen LogP contribution in [-0.2, 0) is 27.2 Å². The predicted octanol–water partition coefficient (Wildman–Crippen LogP) is -1.10. The number of imidazole rings is 2. The first kappa shape index (κ1) is 15.7. The minimum Gasteiger partial charge on any atom is -0.467 e. The average Bonchev–Trinajstić information content (AvgIpc) is 3.19. The lowest BCUT2D eigenvalue weighted by molar-refractivity contribution is -0.145. The van der Waals surface area contributed by atoms with Gasteiger partial charge in [-0.1, -0.05) is 0 Å². The number of carbonyl (C=O) groups excluding carboxylic acids is 2. The summed E-state index contributed by atoms with van der Waals surface area (Å²) in [6.45, 7) is 0. The molecule has 118 valence electrons. The summed E-state index contributed by atoms with van der Waals surface area (Å²) in [5, 5.41) is 2.60. The number of nitrogens with two attached hydrogens (primary N) is 1. The van der Waals surface area contributed by atoms with Crippen molar-refractivity contribution in [2.24, 2.45) is 5.73 Å². The number of hydrogen-bond acceptors (Lipinski definition) is 6. The highest BCUT2D eigenvalue weighted by atomic mass is 16.5. The van der Waals surface area contributed by atoms with E-state index in [0.29, 0.717) is 12.1 Å². The van der Waals surface area contributed by atoms with Crippen LogP contribution in [0.3, 0.4) is 0 Å². The molecule has 1 amide bonds. The van der Waals surface area contributed by atoms with Crippen LogP contribution in [0.5, 0.6) is 0 Å². The summed E-state index contributed by atoms with van der Waals surface area (Å²) in [6.07, 6.45) is 6.71.